The molecule has 4 atom stereocenters. The van der Waals surface area contributed by atoms with Crippen LogP contribution in [-0.2, 0) is 16.0 Å². The van der Waals surface area contributed by atoms with E-state index in [1.54, 1.807) is 13.0 Å². The van der Waals surface area contributed by atoms with Crippen LogP contribution >= 0.6 is 0 Å². The van der Waals surface area contributed by atoms with Gasteiger partial charge in [0.25, 0.3) is 0 Å². The van der Waals surface area contributed by atoms with Gasteiger partial charge in [0, 0.05) is 0 Å². The second-order valence-corrected chi connectivity index (χ2v) is 8.95. The van der Waals surface area contributed by atoms with Crippen molar-refractivity contribution in [1.29, 1.82) is 0 Å². The third kappa shape index (κ3) is 8.80. The summed E-state index contributed by atoms with van der Waals surface area (Å²) in [7, 11) is 0. The van der Waals surface area contributed by atoms with Gasteiger partial charge < -0.3 is 26.0 Å². The molecule has 0 spiro atoms. The van der Waals surface area contributed by atoms with E-state index in [2.05, 4.69) is 17.6 Å². The molecule has 186 valence electrons. The number of carbonyl (C=O) groups excluding carboxylic acids is 1. The SMILES string of the molecule is CCC(CC(O)C(C)NC(=O)C(CC(=O)O)NCCCc1ccc(C)c(O)c1)c1ccccc1. The third-order valence-corrected chi connectivity index (χ3v) is 6.24. The van der Waals surface area contributed by atoms with Crippen LogP contribution in [0.25, 0.3) is 0 Å². The molecule has 0 fully saturated rings. The summed E-state index contributed by atoms with van der Waals surface area (Å²) in [4.78, 5) is 24.1. The molecule has 34 heavy (non-hydrogen) atoms. The number of aliphatic hydroxyl groups excluding tert-OH is 1. The van der Waals surface area contributed by atoms with Gasteiger partial charge in [0.1, 0.15) is 5.75 Å². The van der Waals surface area contributed by atoms with Crippen LogP contribution in [0.4, 0.5) is 0 Å². The van der Waals surface area contributed by atoms with E-state index in [1.807, 2.05) is 49.4 Å². The molecule has 7 nitrogen and oxygen atoms in total. The Morgan fingerprint density at radius 2 is 1.79 bits per heavy atom. The Labute approximate surface area is 202 Å². The van der Waals surface area contributed by atoms with E-state index in [-0.39, 0.29) is 18.1 Å². The quantitative estimate of drug-likeness (QED) is 0.270. The van der Waals surface area contributed by atoms with Gasteiger partial charge in [0.2, 0.25) is 5.91 Å². The Kier molecular flexibility index (Phi) is 11.0. The lowest BCUT2D eigenvalue weighted by atomic mass is 9.89. The average Bonchev–Trinajstić information content (AvgIpc) is 2.81. The molecule has 2 rings (SSSR count). The average molecular weight is 471 g/mol. The van der Waals surface area contributed by atoms with Crippen LogP contribution in [0.2, 0.25) is 0 Å². The van der Waals surface area contributed by atoms with Gasteiger partial charge in [-0.05, 0) is 74.8 Å². The van der Waals surface area contributed by atoms with Crippen molar-refractivity contribution in [2.24, 2.45) is 0 Å². The molecule has 0 aliphatic carbocycles. The monoisotopic (exact) mass is 470 g/mol. The number of amides is 1. The molecule has 4 unspecified atom stereocenters. The summed E-state index contributed by atoms with van der Waals surface area (Å²) in [5.74, 6) is -1.09. The zero-order valence-electron chi connectivity index (χ0n) is 20.3. The van der Waals surface area contributed by atoms with Crippen LogP contribution in [0.15, 0.2) is 48.5 Å². The van der Waals surface area contributed by atoms with Crippen LogP contribution in [-0.4, -0.2) is 51.9 Å². The first-order chi connectivity index (χ1) is 16.2. The number of carboxylic acid groups (broad SMARTS) is 1. The fraction of sp³-hybridized carbons (Fsp3) is 0.481. The Balaban J connectivity index is 1.87. The molecule has 0 aliphatic rings. The molecule has 0 aromatic heterocycles. The minimum atomic E-state index is -1.07. The predicted molar refractivity (Wildman–Crippen MR) is 133 cm³/mol. The normalized spacial score (nSPS) is 14.7. The van der Waals surface area contributed by atoms with Gasteiger partial charge in [-0.25, -0.2) is 0 Å². The van der Waals surface area contributed by atoms with Gasteiger partial charge in [-0.1, -0.05) is 49.4 Å². The van der Waals surface area contributed by atoms with Gasteiger partial charge in [0.05, 0.1) is 24.6 Å². The van der Waals surface area contributed by atoms with E-state index in [9.17, 15) is 24.9 Å². The van der Waals surface area contributed by atoms with Gasteiger partial charge >= 0.3 is 5.97 Å². The number of aromatic hydroxyl groups is 1. The molecular weight excluding hydrogens is 432 g/mol. The summed E-state index contributed by atoms with van der Waals surface area (Å²) in [5.41, 5.74) is 2.94. The molecule has 0 saturated carbocycles. The highest BCUT2D eigenvalue weighted by Gasteiger charge is 2.26. The van der Waals surface area contributed by atoms with E-state index in [1.165, 1.54) is 0 Å². The highest BCUT2D eigenvalue weighted by Crippen LogP contribution is 2.25. The molecule has 2 aromatic rings. The molecule has 0 heterocycles. The molecule has 0 aliphatic heterocycles. The first-order valence-corrected chi connectivity index (χ1v) is 12.0. The summed E-state index contributed by atoms with van der Waals surface area (Å²) in [5, 5.41) is 35.6. The van der Waals surface area contributed by atoms with Crippen molar-refractivity contribution in [2.45, 2.75) is 77.0 Å². The number of hydrogen-bond acceptors (Lipinski definition) is 5. The van der Waals surface area contributed by atoms with Gasteiger partial charge in [0.15, 0.2) is 0 Å². The smallest absolute Gasteiger partial charge is 0.305 e. The van der Waals surface area contributed by atoms with Crippen molar-refractivity contribution in [2.75, 3.05) is 6.54 Å². The number of phenols is 1. The minimum Gasteiger partial charge on any atom is -0.508 e. The van der Waals surface area contributed by atoms with E-state index in [0.29, 0.717) is 25.8 Å². The van der Waals surface area contributed by atoms with Crippen molar-refractivity contribution in [3.8, 4) is 5.75 Å². The van der Waals surface area contributed by atoms with Crippen molar-refractivity contribution in [1.82, 2.24) is 10.6 Å². The molecule has 0 bridgehead atoms. The van der Waals surface area contributed by atoms with Gasteiger partial charge in [-0.2, -0.15) is 0 Å². The van der Waals surface area contributed by atoms with E-state index in [0.717, 1.165) is 23.1 Å². The lowest BCUT2D eigenvalue weighted by Gasteiger charge is -2.26. The largest absolute Gasteiger partial charge is 0.508 e. The number of hydrogen-bond donors (Lipinski definition) is 5. The number of aliphatic hydroxyl groups is 1. The molecule has 5 N–H and O–H groups in total. The third-order valence-electron chi connectivity index (χ3n) is 6.24. The maximum Gasteiger partial charge on any atom is 0.305 e. The zero-order valence-corrected chi connectivity index (χ0v) is 20.3. The zero-order chi connectivity index (χ0) is 25.1. The number of aryl methyl sites for hydroxylation is 2. The fourth-order valence-electron chi connectivity index (χ4n) is 3.99. The lowest BCUT2D eigenvalue weighted by Crippen LogP contribution is -2.51. The van der Waals surface area contributed by atoms with Crippen molar-refractivity contribution >= 4 is 11.9 Å². The Morgan fingerprint density at radius 1 is 1.09 bits per heavy atom. The number of nitrogens with one attached hydrogen (secondary N) is 2. The molecular formula is C27H38N2O5. The second kappa shape index (κ2) is 13.7. The highest BCUT2D eigenvalue weighted by atomic mass is 16.4. The molecule has 0 saturated heterocycles. The maximum absolute atomic E-state index is 12.8. The number of aliphatic carboxylic acids is 1. The standard InChI is InChI=1S/C27H38N2O5/c1-4-21(22-10-6-5-7-11-22)16-25(31)19(3)29-27(34)23(17-26(32)33)28-14-8-9-20-13-12-18(2)24(30)15-20/h5-7,10-13,15,19,21,23,25,28,30-31H,4,8-9,14,16-17H2,1-3H3,(H,29,34)(H,32,33). The van der Waals surface area contributed by atoms with Crippen LogP contribution in [0, 0.1) is 6.92 Å². The summed E-state index contributed by atoms with van der Waals surface area (Å²) in [6, 6.07) is 14.1. The molecule has 0 radical (unpaired) electrons. The molecule has 2 aromatic carbocycles. The summed E-state index contributed by atoms with van der Waals surface area (Å²) < 4.78 is 0. The number of carboxylic acids is 1. The summed E-state index contributed by atoms with van der Waals surface area (Å²) in [6.07, 6.45) is 1.64. The highest BCUT2D eigenvalue weighted by molar-refractivity contribution is 5.86. The van der Waals surface area contributed by atoms with Crippen molar-refractivity contribution in [3.63, 3.8) is 0 Å². The first kappa shape index (κ1) is 27.3. The number of carbonyl (C=O) groups is 2. The Morgan fingerprint density at radius 3 is 2.41 bits per heavy atom. The Bertz CT molecular complexity index is 918. The number of rotatable bonds is 14. The van der Waals surface area contributed by atoms with E-state index < -0.39 is 30.1 Å². The second-order valence-electron chi connectivity index (χ2n) is 8.95. The van der Waals surface area contributed by atoms with Gasteiger partial charge in [-0.3, -0.25) is 9.59 Å². The molecule has 1 amide bonds. The van der Waals surface area contributed by atoms with Crippen LogP contribution in [0.3, 0.4) is 0 Å². The first-order valence-electron chi connectivity index (χ1n) is 12.0. The number of benzene rings is 2. The fourth-order valence-corrected chi connectivity index (χ4v) is 3.99. The summed E-state index contributed by atoms with van der Waals surface area (Å²) in [6.45, 7) is 6.08. The molecule has 7 heteroatoms. The van der Waals surface area contributed by atoms with Crippen molar-refractivity contribution in [3.05, 3.63) is 65.2 Å². The topological polar surface area (TPSA) is 119 Å². The van der Waals surface area contributed by atoms with E-state index in [4.69, 9.17) is 0 Å². The maximum atomic E-state index is 12.8. The number of phenolic OH excluding ortho intramolecular Hbond substituents is 1. The van der Waals surface area contributed by atoms with E-state index >= 15 is 0 Å². The van der Waals surface area contributed by atoms with Crippen LogP contribution < -0.4 is 10.6 Å². The van der Waals surface area contributed by atoms with Crippen LogP contribution in [0.1, 0.15) is 62.1 Å². The lowest BCUT2D eigenvalue weighted by molar-refractivity contribution is -0.140. The Hall–Kier alpha value is -2.90. The predicted octanol–water partition coefficient (Wildman–Crippen LogP) is 3.52. The van der Waals surface area contributed by atoms with Crippen molar-refractivity contribution < 1.29 is 24.9 Å². The minimum absolute atomic E-state index is 0.171. The van der Waals surface area contributed by atoms with Gasteiger partial charge in [-0.15, -0.1) is 0 Å². The van der Waals surface area contributed by atoms with Crippen LogP contribution in [0.5, 0.6) is 5.75 Å². The summed E-state index contributed by atoms with van der Waals surface area (Å²) >= 11 is 0.